The third-order valence-electron chi connectivity index (χ3n) is 2.83. The molecule has 16 heavy (non-hydrogen) atoms. The summed E-state index contributed by atoms with van der Waals surface area (Å²) in [5.74, 6) is -0.917. The average molecular weight is 338 g/mol. The van der Waals surface area contributed by atoms with Gasteiger partial charge in [-0.05, 0) is 41.1 Å². The molecule has 2 nitrogen and oxygen atoms in total. The molecule has 1 aliphatic rings. The quantitative estimate of drug-likeness (QED) is 0.661. The molecule has 1 heterocycles. The Morgan fingerprint density at radius 1 is 1.44 bits per heavy atom. The van der Waals surface area contributed by atoms with Crippen LogP contribution in [-0.2, 0) is 6.54 Å². The topological polar surface area (TPSA) is 29.3 Å². The summed E-state index contributed by atoms with van der Waals surface area (Å²) >= 11 is 1.87. The number of nitrogens with zero attached hydrogens (tertiary/aromatic N) is 1. The number of likely N-dealkylation sites (tertiary alicyclic amines) is 1. The highest BCUT2D eigenvalue weighted by Crippen LogP contribution is 2.21. The first-order valence-electron chi connectivity index (χ1n) is 5.18. The molecule has 2 rings (SSSR count). The molecule has 0 bridgehead atoms. The molecule has 0 radical (unpaired) electrons. The van der Waals surface area contributed by atoms with Crippen molar-refractivity contribution in [2.24, 2.45) is 5.73 Å². The van der Waals surface area contributed by atoms with Crippen LogP contribution < -0.4 is 5.73 Å². The summed E-state index contributed by atoms with van der Waals surface area (Å²) in [6.07, 6.45) is 0.896. The van der Waals surface area contributed by atoms with Gasteiger partial charge in [0.2, 0.25) is 0 Å². The van der Waals surface area contributed by atoms with Crippen molar-refractivity contribution < 1.29 is 8.78 Å². The molecule has 1 aromatic rings. The number of hydrogen-bond acceptors (Lipinski definition) is 2. The van der Waals surface area contributed by atoms with Gasteiger partial charge in [0.1, 0.15) is 11.6 Å². The highest BCUT2D eigenvalue weighted by molar-refractivity contribution is 14.1. The minimum Gasteiger partial charge on any atom is -0.326 e. The van der Waals surface area contributed by atoms with Crippen LogP contribution in [0.2, 0.25) is 0 Å². The monoisotopic (exact) mass is 338 g/mol. The Morgan fingerprint density at radius 2 is 2.19 bits per heavy atom. The maximum atomic E-state index is 13.7. The largest absolute Gasteiger partial charge is 0.326 e. The van der Waals surface area contributed by atoms with E-state index in [0.29, 0.717) is 16.7 Å². The van der Waals surface area contributed by atoms with Crippen molar-refractivity contribution in [3.63, 3.8) is 0 Å². The van der Waals surface area contributed by atoms with E-state index >= 15 is 0 Å². The molecule has 1 saturated heterocycles. The normalized spacial score (nSPS) is 21.6. The van der Waals surface area contributed by atoms with Gasteiger partial charge in [0, 0.05) is 34.8 Å². The van der Waals surface area contributed by atoms with E-state index in [0.717, 1.165) is 13.0 Å². The molecule has 88 valence electrons. The molecule has 1 aliphatic heterocycles. The van der Waals surface area contributed by atoms with E-state index in [1.165, 1.54) is 12.1 Å². The van der Waals surface area contributed by atoms with E-state index in [2.05, 4.69) is 0 Å². The summed E-state index contributed by atoms with van der Waals surface area (Å²) in [7, 11) is 0. The first kappa shape index (κ1) is 12.2. The van der Waals surface area contributed by atoms with Crippen LogP contribution in [0.5, 0.6) is 0 Å². The Kier molecular flexibility index (Phi) is 3.76. The van der Waals surface area contributed by atoms with Crippen molar-refractivity contribution in [2.45, 2.75) is 19.0 Å². The third-order valence-corrected chi connectivity index (χ3v) is 3.66. The van der Waals surface area contributed by atoms with Crippen molar-refractivity contribution >= 4 is 22.6 Å². The first-order valence-corrected chi connectivity index (χ1v) is 6.26. The van der Waals surface area contributed by atoms with Crippen molar-refractivity contribution in [3.05, 3.63) is 32.9 Å². The van der Waals surface area contributed by atoms with Gasteiger partial charge in [-0.3, -0.25) is 4.90 Å². The fourth-order valence-electron chi connectivity index (χ4n) is 1.94. The zero-order valence-electron chi connectivity index (χ0n) is 8.72. The predicted octanol–water partition coefficient (Wildman–Crippen LogP) is 2.10. The molecular formula is C11H13F2IN2. The first-order chi connectivity index (χ1) is 7.58. The van der Waals surface area contributed by atoms with Gasteiger partial charge in [0.05, 0.1) is 0 Å². The highest BCUT2D eigenvalue weighted by Gasteiger charge is 2.22. The fraction of sp³-hybridized carbons (Fsp3) is 0.455. The highest BCUT2D eigenvalue weighted by atomic mass is 127. The lowest BCUT2D eigenvalue weighted by Gasteiger charge is -2.16. The Bertz CT molecular complexity index is 398. The molecule has 5 heteroatoms. The van der Waals surface area contributed by atoms with Crippen molar-refractivity contribution in [3.8, 4) is 0 Å². The lowest BCUT2D eigenvalue weighted by molar-refractivity contribution is 0.314. The summed E-state index contributed by atoms with van der Waals surface area (Å²) in [6, 6.07) is 2.90. The minimum atomic E-state index is -0.474. The van der Waals surface area contributed by atoms with E-state index in [-0.39, 0.29) is 11.6 Å². The van der Waals surface area contributed by atoms with Crippen LogP contribution in [0, 0.1) is 15.2 Å². The molecule has 0 saturated carbocycles. The zero-order valence-corrected chi connectivity index (χ0v) is 10.9. The summed E-state index contributed by atoms with van der Waals surface area (Å²) in [6.45, 7) is 1.83. The fourth-order valence-corrected chi connectivity index (χ4v) is 2.45. The second kappa shape index (κ2) is 4.93. The van der Waals surface area contributed by atoms with E-state index < -0.39 is 11.6 Å². The molecule has 1 atom stereocenters. The molecule has 1 unspecified atom stereocenters. The standard InChI is InChI=1S/C11H13F2IN2/c12-9-1-2-10(14)11(13)8(9)6-16-4-3-7(15)5-16/h1-2,7H,3-6,15H2. The Labute approximate surface area is 107 Å². The Hall–Kier alpha value is -0.270. The smallest absolute Gasteiger partial charge is 0.143 e. The Balaban J connectivity index is 2.18. The molecule has 0 aromatic heterocycles. The van der Waals surface area contributed by atoms with Crippen molar-refractivity contribution in [2.75, 3.05) is 13.1 Å². The van der Waals surface area contributed by atoms with Crippen LogP contribution >= 0.6 is 22.6 Å². The van der Waals surface area contributed by atoms with Crippen LogP contribution in [0.4, 0.5) is 8.78 Å². The van der Waals surface area contributed by atoms with Gasteiger partial charge >= 0.3 is 0 Å². The molecular weight excluding hydrogens is 325 g/mol. The average Bonchev–Trinajstić information content (AvgIpc) is 2.65. The molecule has 0 amide bonds. The Morgan fingerprint density at radius 3 is 2.81 bits per heavy atom. The van der Waals surface area contributed by atoms with Crippen LogP contribution in [-0.4, -0.2) is 24.0 Å². The molecule has 1 fully saturated rings. The van der Waals surface area contributed by atoms with Gasteiger partial charge < -0.3 is 5.73 Å². The predicted molar refractivity (Wildman–Crippen MR) is 66.9 cm³/mol. The lowest BCUT2D eigenvalue weighted by Crippen LogP contribution is -2.27. The number of hydrogen-bond donors (Lipinski definition) is 1. The van der Waals surface area contributed by atoms with E-state index in [9.17, 15) is 8.78 Å². The second-order valence-corrected chi connectivity index (χ2v) is 5.27. The van der Waals surface area contributed by atoms with Gasteiger partial charge in [-0.25, -0.2) is 8.78 Å². The molecule has 1 aromatic carbocycles. The van der Waals surface area contributed by atoms with Crippen LogP contribution in [0.3, 0.4) is 0 Å². The van der Waals surface area contributed by atoms with E-state index in [4.69, 9.17) is 5.73 Å². The zero-order chi connectivity index (χ0) is 11.7. The maximum absolute atomic E-state index is 13.7. The van der Waals surface area contributed by atoms with Crippen LogP contribution in [0.25, 0.3) is 0 Å². The van der Waals surface area contributed by atoms with Gasteiger partial charge in [-0.2, -0.15) is 0 Å². The van der Waals surface area contributed by atoms with Gasteiger partial charge in [0.15, 0.2) is 0 Å². The minimum absolute atomic E-state index is 0.133. The lowest BCUT2D eigenvalue weighted by atomic mass is 10.2. The van der Waals surface area contributed by atoms with Gasteiger partial charge in [0.25, 0.3) is 0 Å². The van der Waals surface area contributed by atoms with Crippen LogP contribution in [0.1, 0.15) is 12.0 Å². The number of benzene rings is 1. The third kappa shape index (κ3) is 2.52. The number of nitrogens with two attached hydrogens (primary N) is 1. The summed E-state index contributed by atoms with van der Waals surface area (Å²) in [5, 5.41) is 0. The van der Waals surface area contributed by atoms with Crippen molar-refractivity contribution in [1.82, 2.24) is 4.90 Å². The second-order valence-electron chi connectivity index (χ2n) is 4.11. The summed E-state index contributed by atoms with van der Waals surface area (Å²) in [4.78, 5) is 1.99. The van der Waals surface area contributed by atoms with E-state index in [1.807, 2.05) is 27.5 Å². The summed E-state index contributed by atoms with van der Waals surface area (Å²) in [5.41, 5.74) is 5.91. The van der Waals surface area contributed by atoms with E-state index in [1.54, 1.807) is 0 Å². The summed E-state index contributed by atoms with van der Waals surface area (Å²) < 4.78 is 27.6. The molecule has 0 aliphatic carbocycles. The van der Waals surface area contributed by atoms with Gasteiger partial charge in [-0.15, -0.1) is 0 Å². The van der Waals surface area contributed by atoms with Crippen molar-refractivity contribution in [1.29, 1.82) is 0 Å². The van der Waals surface area contributed by atoms with Crippen LogP contribution in [0.15, 0.2) is 12.1 Å². The number of halogens is 3. The molecule has 0 spiro atoms. The number of rotatable bonds is 2. The SMILES string of the molecule is NC1CCN(Cc2c(F)ccc(I)c2F)C1. The molecule has 2 N–H and O–H groups in total. The van der Waals surface area contributed by atoms with Gasteiger partial charge in [-0.1, -0.05) is 0 Å². The maximum Gasteiger partial charge on any atom is 0.143 e.